The van der Waals surface area contributed by atoms with E-state index in [0.29, 0.717) is 24.4 Å². The van der Waals surface area contributed by atoms with E-state index in [1.54, 1.807) is 7.11 Å². The monoisotopic (exact) mass is 390 g/mol. The second-order valence-corrected chi connectivity index (χ2v) is 7.72. The Morgan fingerprint density at radius 2 is 1.72 bits per heavy atom. The molecular weight excluding hydrogens is 364 g/mol. The van der Waals surface area contributed by atoms with E-state index in [9.17, 15) is 9.59 Å². The van der Waals surface area contributed by atoms with Crippen LogP contribution in [0.3, 0.4) is 0 Å². The normalized spacial score (nSPS) is 16.7. The standard InChI is InChI=1S/C24H26N2O3/c1-16-8-9-19(14-17(16)2)21-22(24(28)26(23(21)27)12-13-29-3)25-11-10-18-6-4-5-7-20(18)15-25/h4-9,14H,10-13,15H2,1-3H3. The van der Waals surface area contributed by atoms with E-state index < -0.39 is 0 Å². The number of amides is 2. The molecule has 0 aromatic heterocycles. The van der Waals surface area contributed by atoms with Gasteiger partial charge in [0.05, 0.1) is 18.7 Å². The molecule has 2 aliphatic heterocycles. The molecule has 5 nitrogen and oxygen atoms in total. The van der Waals surface area contributed by atoms with Crippen LogP contribution >= 0.6 is 0 Å². The molecule has 0 atom stereocenters. The van der Waals surface area contributed by atoms with Crippen molar-refractivity contribution in [3.05, 3.63) is 76.0 Å². The lowest BCUT2D eigenvalue weighted by Crippen LogP contribution is -2.38. The predicted molar refractivity (Wildman–Crippen MR) is 112 cm³/mol. The van der Waals surface area contributed by atoms with Gasteiger partial charge >= 0.3 is 0 Å². The summed E-state index contributed by atoms with van der Waals surface area (Å²) in [6.07, 6.45) is 0.861. The van der Waals surface area contributed by atoms with Crippen molar-refractivity contribution in [2.75, 3.05) is 26.8 Å². The molecule has 2 aliphatic rings. The quantitative estimate of drug-likeness (QED) is 0.737. The minimum absolute atomic E-state index is 0.223. The van der Waals surface area contributed by atoms with E-state index in [1.165, 1.54) is 16.0 Å². The van der Waals surface area contributed by atoms with Crippen LogP contribution in [0.25, 0.3) is 5.57 Å². The average Bonchev–Trinajstić information content (AvgIpc) is 2.98. The van der Waals surface area contributed by atoms with Gasteiger partial charge in [0, 0.05) is 20.2 Å². The first-order valence-electron chi connectivity index (χ1n) is 10.00. The predicted octanol–water partition coefficient (Wildman–Crippen LogP) is 3.09. The number of carbonyl (C=O) groups is 2. The fraction of sp³-hybridized carbons (Fsp3) is 0.333. The van der Waals surface area contributed by atoms with E-state index in [1.807, 2.05) is 44.2 Å². The van der Waals surface area contributed by atoms with E-state index in [0.717, 1.165) is 29.7 Å². The van der Waals surface area contributed by atoms with Crippen molar-refractivity contribution >= 4 is 17.4 Å². The number of benzene rings is 2. The summed E-state index contributed by atoms with van der Waals surface area (Å²) in [5.74, 6) is -0.455. The Morgan fingerprint density at radius 3 is 2.45 bits per heavy atom. The summed E-state index contributed by atoms with van der Waals surface area (Å²) in [7, 11) is 1.57. The van der Waals surface area contributed by atoms with Crippen molar-refractivity contribution in [1.82, 2.24) is 9.80 Å². The molecule has 0 saturated heterocycles. The smallest absolute Gasteiger partial charge is 0.277 e. The van der Waals surface area contributed by atoms with Crippen LogP contribution in [0.15, 0.2) is 48.2 Å². The first-order valence-corrected chi connectivity index (χ1v) is 10.00. The number of methoxy groups -OCH3 is 1. The van der Waals surface area contributed by atoms with Gasteiger partial charge in [-0.2, -0.15) is 0 Å². The molecule has 0 bridgehead atoms. The van der Waals surface area contributed by atoms with Gasteiger partial charge in [-0.3, -0.25) is 14.5 Å². The number of hydrogen-bond acceptors (Lipinski definition) is 4. The molecule has 5 heteroatoms. The number of fused-ring (bicyclic) bond motifs is 1. The van der Waals surface area contributed by atoms with Crippen LogP contribution in [-0.4, -0.2) is 48.4 Å². The largest absolute Gasteiger partial charge is 0.383 e. The maximum Gasteiger partial charge on any atom is 0.277 e. The summed E-state index contributed by atoms with van der Waals surface area (Å²) in [5.41, 5.74) is 6.62. The molecule has 0 fully saturated rings. The summed E-state index contributed by atoms with van der Waals surface area (Å²) in [4.78, 5) is 30.0. The van der Waals surface area contributed by atoms with Crippen molar-refractivity contribution in [1.29, 1.82) is 0 Å². The Hall–Kier alpha value is -2.92. The van der Waals surface area contributed by atoms with Gasteiger partial charge in [-0.15, -0.1) is 0 Å². The first-order chi connectivity index (χ1) is 14.0. The highest BCUT2D eigenvalue weighted by atomic mass is 16.5. The molecule has 2 heterocycles. The minimum Gasteiger partial charge on any atom is -0.383 e. The minimum atomic E-state index is -0.232. The number of hydrogen-bond donors (Lipinski definition) is 0. The maximum absolute atomic E-state index is 13.3. The maximum atomic E-state index is 13.3. The van der Waals surface area contributed by atoms with Gasteiger partial charge in [0.1, 0.15) is 5.70 Å². The number of carbonyl (C=O) groups excluding carboxylic acids is 2. The Balaban J connectivity index is 1.78. The molecule has 29 heavy (non-hydrogen) atoms. The molecule has 2 amide bonds. The van der Waals surface area contributed by atoms with Gasteiger partial charge in [-0.05, 0) is 48.1 Å². The van der Waals surface area contributed by atoms with Gasteiger partial charge in [0.15, 0.2) is 0 Å². The Bertz CT molecular complexity index is 1010. The van der Waals surface area contributed by atoms with Gasteiger partial charge in [-0.25, -0.2) is 0 Å². The zero-order valence-electron chi connectivity index (χ0n) is 17.2. The molecule has 0 radical (unpaired) electrons. The second kappa shape index (κ2) is 7.84. The summed E-state index contributed by atoms with van der Waals surface area (Å²) in [6.45, 7) is 6.02. The number of imide groups is 1. The third kappa shape index (κ3) is 3.47. The Kier molecular flexibility index (Phi) is 5.24. The van der Waals surface area contributed by atoms with Crippen LogP contribution in [0.2, 0.25) is 0 Å². The molecule has 0 unspecified atom stereocenters. The van der Waals surface area contributed by atoms with Gasteiger partial charge in [0.2, 0.25) is 0 Å². The van der Waals surface area contributed by atoms with Crippen LogP contribution in [0.4, 0.5) is 0 Å². The lowest BCUT2D eigenvalue weighted by Gasteiger charge is -2.31. The molecule has 0 N–H and O–H groups in total. The van der Waals surface area contributed by atoms with Crippen LogP contribution in [0.1, 0.15) is 27.8 Å². The Morgan fingerprint density at radius 1 is 0.966 bits per heavy atom. The number of ether oxygens (including phenoxy) is 1. The molecule has 2 aromatic rings. The number of aryl methyl sites for hydroxylation is 2. The second-order valence-electron chi connectivity index (χ2n) is 7.72. The van der Waals surface area contributed by atoms with Crippen molar-refractivity contribution in [3.8, 4) is 0 Å². The molecule has 0 saturated carbocycles. The van der Waals surface area contributed by atoms with Crippen LogP contribution in [0.5, 0.6) is 0 Å². The lowest BCUT2D eigenvalue weighted by molar-refractivity contribution is -0.138. The highest BCUT2D eigenvalue weighted by Gasteiger charge is 2.41. The van der Waals surface area contributed by atoms with E-state index in [2.05, 4.69) is 17.0 Å². The third-order valence-corrected chi connectivity index (χ3v) is 5.91. The summed E-state index contributed by atoms with van der Waals surface area (Å²) < 4.78 is 5.13. The third-order valence-electron chi connectivity index (χ3n) is 5.91. The molecule has 2 aromatic carbocycles. The molecule has 4 rings (SSSR count). The lowest BCUT2D eigenvalue weighted by atomic mass is 9.96. The van der Waals surface area contributed by atoms with E-state index in [-0.39, 0.29) is 18.4 Å². The number of rotatable bonds is 5. The van der Waals surface area contributed by atoms with Crippen molar-refractivity contribution in [3.63, 3.8) is 0 Å². The van der Waals surface area contributed by atoms with Gasteiger partial charge in [0.25, 0.3) is 11.8 Å². The molecule has 150 valence electrons. The zero-order valence-corrected chi connectivity index (χ0v) is 17.2. The van der Waals surface area contributed by atoms with E-state index in [4.69, 9.17) is 4.74 Å². The van der Waals surface area contributed by atoms with Crippen LogP contribution in [-0.2, 0) is 27.3 Å². The van der Waals surface area contributed by atoms with Crippen molar-refractivity contribution < 1.29 is 14.3 Å². The highest BCUT2D eigenvalue weighted by Crippen LogP contribution is 2.34. The zero-order chi connectivity index (χ0) is 20.5. The molecule has 0 spiro atoms. The van der Waals surface area contributed by atoms with Crippen molar-refractivity contribution in [2.45, 2.75) is 26.8 Å². The Labute approximate surface area is 171 Å². The summed E-state index contributed by atoms with van der Waals surface area (Å²) >= 11 is 0. The van der Waals surface area contributed by atoms with Crippen LogP contribution in [0, 0.1) is 13.8 Å². The highest BCUT2D eigenvalue weighted by molar-refractivity contribution is 6.35. The van der Waals surface area contributed by atoms with Crippen molar-refractivity contribution in [2.24, 2.45) is 0 Å². The SMILES string of the molecule is COCCN1C(=O)C(c2ccc(C)c(C)c2)=C(N2CCc3ccccc3C2)C1=O. The molecular formula is C24H26N2O3. The number of nitrogens with zero attached hydrogens (tertiary/aromatic N) is 2. The molecule has 0 aliphatic carbocycles. The average molecular weight is 390 g/mol. The fourth-order valence-corrected chi connectivity index (χ4v) is 4.09. The topological polar surface area (TPSA) is 49.9 Å². The fourth-order valence-electron chi connectivity index (χ4n) is 4.09. The van der Waals surface area contributed by atoms with E-state index >= 15 is 0 Å². The van der Waals surface area contributed by atoms with Crippen LogP contribution < -0.4 is 0 Å². The summed E-state index contributed by atoms with van der Waals surface area (Å²) in [5, 5.41) is 0. The summed E-state index contributed by atoms with van der Waals surface area (Å²) in [6, 6.07) is 14.3. The van der Waals surface area contributed by atoms with Gasteiger partial charge in [-0.1, -0.05) is 42.5 Å². The van der Waals surface area contributed by atoms with Gasteiger partial charge < -0.3 is 9.64 Å². The first kappa shape index (κ1) is 19.4.